The largest absolute Gasteiger partial charge is 0.756 e. The molecule has 0 aliphatic carbocycles. The second-order valence-corrected chi connectivity index (χ2v) is 17.8. The number of quaternary nitrogens is 1. The molecule has 0 N–H and O–H groups in total. The van der Waals surface area contributed by atoms with Gasteiger partial charge in [-0.15, -0.1) is 0 Å². The Bertz CT molecular complexity index is 863. The molecule has 9 heteroatoms. The van der Waals surface area contributed by atoms with E-state index in [1.165, 1.54) is 154 Å². The third-order valence-electron chi connectivity index (χ3n) is 9.82. The molecule has 0 aliphatic rings. The molecule has 316 valence electrons. The van der Waals surface area contributed by atoms with E-state index in [9.17, 15) is 14.3 Å². The highest BCUT2D eigenvalue weighted by Crippen LogP contribution is 2.38. The normalized spacial score (nSPS) is 13.8. The molecule has 0 bridgehead atoms. The maximum atomic E-state index is 12.7. The van der Waals surface area contributed by atoms with Crippen molar-refractivity contribution in [3.8, 4) is 0 Å². The van der Waals surface area contributed by atoms with Crippen molar-refractivity contribution in [3.63, 3.8) is 0 Å². The van der Waals surface area contributed by atoms with E-state index < -0.39 is 13.9 Å². The first-order valence-electron chi connectivity index (χ1n) is 22.4. The zero-order valence-electron chi connectivity index (χ0n) is 35.7. The van der Waals surface area contributed by atoms with Crippen LogP contribution in [0.1, 0.15) is 206 Å². The third kappa shape index (κ3) is 42.2. The molecule has 0 amide bonds. The lowest BCUT2D eigenvalue weighted by molar-refractivity contribution is -0.870. The van der Waals surface area contributed by atoms with Crippen LogP contribution in [0.3, 0.4) is 0 Å². The number of carbonyl (C=O) groups excluding carboxylic acids is 1. The number of unbranched alkanes of at least 4 members (excludes halogenated alkanes) is 26. The van der Waals surface area contributed by atoms with Gasteiger partial charge in [-0.1, -0.05) is 174 Å². The number of allylic oxidation sites excluding steroid dienone is 2. The fourth-order valence-corrected chi connectivity index (χ4v) is 7.03. The van der Waals surface area contributed by atoms with Crippen molar-refractivity contribution in [2.24, 2.45) is 0 Å². The lowest BCUT2D eigenvalue weighted by atomic mass is 10.0. The Hall–Kier alpha value is -0.760. The molecule has 0 spiro atoms. The molecule has 0 aromatic carbocycles. The van der Waals surface area contributed by atoms with Crippen LogP contribution in [0.4, 0.5) is 0 Å². The van der Waals surface area contributed by atoms with Gasteiger partial charge in [0.05, 0.1) is 34.4 Å². The Morgan fingerprint density at radius 2 is 0.981 bits per heavy atom. The van der Waals surface area contributed by atoms with Crippen LogP contribution in [0.15, 0.2) is 12.2 Å². The van der Waals surface area contributed by atoms with Crippen molar-refractivity contribution in [1.82, 2.24) is 0 Å². The summed E-state index contributed by atoms with van der Waals surface area (Å²) in [6.07, 6.45) is 40.7. The summed E-state index contributed by atoms with van der Waals surface area (Å²) in [5.41, 5.74) is 0. The minimum Gasteiger partial charge on any atom is -0.756 e. The maximum Gasteiger partial charge on any atom is 0.306 e. The molecule has 0 saturated heterocycles. The van der Waals surface area contributed by atoms with Gasteiger partial charge in [0.25, 0.3) is 7.82 Å². The average molecular weight is 774 g/mol. The number of esters is 1. The summed E-state index contributed by atoms with van der Waals surface area (Å²) in [4.78, 5) is 25.0. The Labute approximate surface area is 329 Å². The van der Waals surface area contributed by atoms with E-state index in [0.29, 0.717) is 24.1 Å². The predicted molar refractivity (Wildman–Crippen MR) is 222 cm³/mol. The van der Waals surface area contributed by atoms with Crippen LogP contribution in [0.5, 0.6) is 0 Å². The van der Waals surface area contributed by atoms with Crippen molar-refractivity contribution in [2.75, 3.05) is 54.1 Å². The highest BCUT2D eigenvalue weighted by Gasteiger charge is 2.20. The van der Waals surface area contributed by atoms with Gasteiger partial charge in [-0.2, -0.15) is 0 Å². The van der Waals surface area contributed by atoms with Crippen LogP contribution < -0.4 is 4.89 Å². The number of hydrogen-bond acceptors (Lipinski definition) is 7. The number of ether oxygens (including phenoxy) is 2. The lowest BCUT2D eigenvalue weighted by Crippen LogP contribution is -2.37. The molecule has 2 atom stereocenters. The molecular weight excluding hydrogens is 685 g/mol. The van der Waals surface area contributed by atoms with Gasteiger partial charge in [-0.25, -0.2) is 0 Å². The standard InChI is InChI=1S/C44H88NO7P/c1-6-8-10-12-14-16-18-20-22-24-26-28-30-32-34-36-39-49-41-43(42-51-53(47,48)50-40-38-45(3,4)5)52-44(46)37-35-33-31-29-27-25-23-21-19-17-15-13-11-9-7-2/h20,22,43H,6-19,21,23-42H2,1-5H3/b22-20-. The van der Waals surface area contributed by atoms with Crippen LogP contribution in [0.25, 0.3) is 0 Å². The van der Waals surface area contributed by atoms with Gasteiger partial charge in [0, 0.05) is 13.0 Å². The zero-order valence-corrected chi connectivity index (χ0v) is 36.6. The summed E-state index contributed by atoms with van der Waals surface area (Å²) in [7, 11) is 1.36. The molecule has 0 aliphatic heterocycles. The van der Waals surface area contributed by atoms with Crippen molar-refractivity contribution >= 4 is 13.8 Å². The molecule has 2 unspecified atom stereocenters. The Kier molecular flexibility index (Phi) is 37.6. The minimum absolute atomic E-state index is 0.0282. The molecule has 0 saturated carbocycles. The van der Waals surface area contributed by atoms with Crippen LogP contribution in [-0.4, -0.2) is 70.7 Å². The van der Waals surface area contributed by atoms with E-state index in [1.807, 2.05) is 21.1 Å². The Morgan fingerprint density at radius 3 is 1.43 bits per heavy atom. The van der Waals surface area contributed by atoms with Crippen LogP contribution in [0, 0.1) is 0 Å². The molecule has 0 aromatic heterocycles. The molecule has 0 aromatic rings. The second kappa shape index (κ2) is 38.1. The smallest absolute Gasteiger partial charge is 0.306 e. The zero-order chi connectivity index (χ0) is 39.1. The highest BCUT2D eigenvalue weighted by molar-refractivity contribution is 7.45. The number of likely N-dealkylation sites (N-methyl/N-ethyl adjacent to an activating group) is 1. The molecule has 8 nitrogen and oxygen atoms in total. The van der Waals surface area contributed by atoms with Gasteiger partial charge in [-0.05, 0) is 38.5 Å². The Morgan fingerprint density at radius 1 is 0.566 bits per heavy atom. The summed E-state index contributed by atoms with van der Waals surface area (Å²) < 4.78 is 34.6. The van der Waals surface area contributed by atoms with Crippen LogP contribution in [-0.2, 0) is 27.9 Å². The van der Waals surface area contributed by atoms with Crippen molar-refractivity contribution in [2.45, 2.75) is 213 Å². The first-order chi connectivity index (χ1) is 25.6. The number of hydrogen-bond donors (Lipinski definition) is 0. The summed E-state index contributed by atoms with van der Waals surface area (Å²) in [6.45, 7) is 5.43. The van der Waals surface area contributed by atoms with Crippen LogP contribution >= 0.6 is 7.82 Å². The quantitative estimate of drug-likeness (QED) is 0.0200. The number of phosphoric ester groups is 1. The molecule has 0 fully saturated rings. The monoisotopic (exact) mass is 774 g/mol. The fraction of sp³-hybridized carbons (Fsp3) is 0.932. The highest BCUT2D eigenvalue weighted by atomic mass is 31.2. The number of phosphoric acid groups is 1. The van der Waals surface area contributed by atoms with Gasteiger partial charge in [0.1, 0.15) is 19.3 Å². The van der Waals surface area contributed by atoms with E-state index in [1.54, 1.807) is 0 Å². The van der Waals surface area contributed by atoms with E-state index in [4.69, 9.17) is 18.5 Å². The van der Waals surface area contributed by atoms with Gasteiger partial charge in [0.2, 0.25) is 0 Å². The number of carbonyl (C=O) groups is 1. The molecule has 53 heavy (non-hydrogen) atoms. The lowest BCUT2D eigenvalue weighted by Gasteiger charge is -2.28. The summed E-state index contributed by atoms with van der Waals surface area (Å²) >= 11 is 0. The fourth-order valence-electron chi connectivity index (χ4n) is 6.31. The predicted octanol–water partition coefficient (Wildman–Crippen LogP) is 12.4. The molecule has 0 rings (SSSR count). The van der Waals surface area contributed by atoms with E-state index in [2.05, 4.69) is 26.0 Å². The summed E-state index contributed by atoms with van der Waals surface area (Å²) in [6, 6.07) is 0. The van der Waals surface area contributed by atoms with E-state index >= 15 is 0 Å². The van der Waals surface area contributed by atoms with Gasteiger partial charge >= 0.3 is 5.97 Å². The van der Waals surface area contributed by atoms with E-state index in [0.717, 1.165) is 32.1 Å². The van der Waals surface area contributed by atoms with Crippen molar-refractivity contribution in [1.29, 1.82) is 0 Å². The topological polar surface area (TPSA) is 94.1 Å². The Balaban J connectivity index is 4.21. The van der Waals surface area contributed by atoms with Crippen molar-refractivity contribution < 1.29 is 37.3 Å². The van der Waals surface area contributed by atoms with Crippen molar-refractivity contribution in [3.05, 3.63) is 12.2 Å². The van der Waals surface area contributed by atoms with E-state index in [-0.39, 0.29) is 25.8 Å². The summed E-state index contributed by atoms with van der Waals surface area (Å²) in [5, 5.41) is 0. The van der Waals surface area contributed by atoms with Gasteiger partial charge in [-0.3, -0.25) is 9.36 Å². The second-order valence-electron chi connectivity index (χ2n) is 16.4. The number of rotatable bonds is 42. The molecule has 0 heterocycles. The first kappa shape index (κ1) is 52.2. The van der Waals surface area contributed by atoms with Gasteiger partial charge < -0.3 is 27.9 Å². The molecule has 0 radical (unpaired) electrons. The number of nitrogens with zero attached hydrogens (tertiary/aromatic N) is 1. The minimum atomic E-state index is -4.52. The summed E-state index contributed by atoms with van der Waals surface area (Å²) in [5.74, 6) is -0.333. The SMILES string of the molecule is CCCCCCCC/C=C\CCCCCCCCOCC(COP(=O)([O-])OCC[N+](C)(C)C)OC(=O)CCCCCCCCCCCCCCCCC. The third-order valence-corrected chi connectivity index (χ3v) is 10.8. The molecular formula is C44H88NO7P. The average Bonchev–Trinajstić information content (AvgIpc) is 3.11. The van der Waals surface area contributed by atoms with Crippen LogP contribution in [0.2, 0.25) is 0 Å². The first-order valence-corrected chi connectivity index (χ1v) is 23.9. The van der Waals surface area contributed by atoms with Gasteiger partial charge in [0.15, 0.2) is 0 Å². The maximum absolute atomic E-state index is 12.7.